The molecule has 0 saturated heterocycles. The fourth-order valence-electron chi connectivity index (χ4n) is 3.40. The average Bonchev–Trinajstić information content (AvgIpc) is 3.10. The van der Waals surface area contributed by atoms with Crippen LogP contribution in [-0.4, -0.2) is 23.8 Å². The van der Waals surface area contributed by atoms with Gasteiger partial charge in [0.25, 0.3) is 0 Å². The molecule has 0 heterocycles. The zero-order chi connectivity index (χ0) is 12.3. The van der Waals surface area contributed by atoms with Crippen LogP contribution in [-0.2, 0) is 0 Å². The summed E-state index contributed by atoms with van der Waals surface area (Å²) in [6.45, 7) is 6.09. The van der Waals surface area contributed by atoms with E-state index in [-0.39, 0.29) is 5.54 Å². The SMILES string of the molecule is CC(C)CC1CCCC(CO)(NCC2CC2)C1. The summed E-state index contributed by atoms with van der Waals surface area (Å²) >= 11 is 0. The maximum Gasteiger partial charge on any atom is 0.0613 e. The normalized spacial score (nSPS) is 34.2. The molecule has 2 fully saturated rings. The maximum atomic E-state index is 9.76. The highest BCUT2D eigenvalue weighted by molar-refractivity contribution is 4.95. The van der Waals surface area contributed by atoms with Crippen LogP contribution in [0.1, 0.15) is 58.8 Å². The monoisotopic (exact) mass is 239 g/mol. The van der Waals surface area contributed by atoms with E-state index in [0.29, 0.717) is 6.61 Å². The molecule has 0 aromatic rings. The first-order chi connectivity index (χ1) is 8.13. The van der Waals surface area contributed by atoms with Crippen molar-refractivity contribution >= 4 is 0 Å². The van der Waals surface area contributed by atoms with Crippen molar-refractivity contribution in [3.8, 4) is 0 Å². The third-order valence-electron chi connectivity index (χ3n) is 4.52. The van der Waals surface area contributed by atoms with Crippen molar-refractivity contribution in [1.82, 2.24) is 5.32 Å². The number of aliphatic hydroxyl groups excluding tert-OH is 1. The number of aliphatic hydroxyl groups is 1. The largest absolute Gasteiger partial charge is 0.394 e. The molecule has 17 heavy (non-hydrogen) atoms. The van der Waals surface area contributed by atoms with Gasteiger partial charge in [0, 0.05) is 5.54 Å². The molecule has 0 amide bonds. The lowest BCUT2D eigenvalue weighted by atomic mass is 9.73. The highest BCUT2D eigenvalue weighted by Gasteiger charge is 2.36. The number of hydrogen-bond acceptors (Lipinski definition) is 2. The maximum absolute atomic E-state index is 9.76. The van der Waals surface area contributed by atoms with E-state index in [9.17, 15) is 5.11 Å². The van der Waals surface area contributed by atoms with E-state index in [1.54, 1.807) is 0 Å². The minimum absolute atomic E-state index is 0.0559. The molecular formula is C15H29NO. The van der Waals surface area contributed by atoms with Gasteiger partial charge in [-0.2, -0.15) is 0 Å². The third-order valence-corrected chi connectivity index (χ3v) is 4.52. The van der Waals surface area contributed by atoms with Gasteiger partial charge in [0.15, 0.2) is 0 Å². The lowest BCUT2D eigenvalue weighted by Crippen LogP contribution is -2.52. The number of nitrogens with one attached hydrogen (secondary N) is 1. The van der Waals surface area contributed by atoms with E-state index in [1.165, 1.54) is 44.9 Å². The molecule has 2 atom stereocenters. The van der Waals surface area contributed by atoms with E-state index in [0.717, 1.165) is 24.3 Å². The molecule has 2 heteroatoms. The second kappa shape index (κ2) is 5.71. The molecule has 0 aromatic heterocycles. The quantitative estimate of drug-likeness (QED) is 0.747. The van der Waals surface area contributed by atoms with Gasteiger partial charge in [-0.25, -0.2) is 0 Å². The van der Waals surface area contributed by atoms with E-state index in [2.05, 4.69) is 19.2 Å². The van der Waals surface area contributed by atoms with Gasteiger partial charge in [-0.1, -0.05) is 26.7 Å². The Kier molecular flexibility index (Phi) is 4.48. The number of hydrogen-bond donors (Lipinski definition) is 2. The van der Waals surface area contributed by atoms with Crippen LogP contribution in [0.25, 0.3) is 0 Å². The van der Waals surface area contributed by atoms with Crippen LogP contribution in [0.3, 0.4) is 0 Å². The van der Waals surface area contributed by atoms with Crippen molar-refractivity contribution in [1.29, 1.82) is 0 Å². The van der Waals surface area contributed by atoms with E-state index in [4.69, 9.17) is 0 Å². The third kappa shape index (κ3) is 3.96. The van der Waals surface area contributed by atoms with E-state index in [1.807, 2.05) is 0 Å². The Morgan fingerprint density at radius 1 is 1.24 bits per heavy atom. The summed E-state index contributed by atoms with van der Waals surface area (Å²) < 4.78 is 0. The van der Waals surface area contributed by atoms with Crippen molar-refractivity contribution < 1.29 is 5.11 Å². The van der Waals surface area contributed by atoms with Gasteiger partial charge in [-0.05, 0) is 56.4 Å². The molecule has 100 valence electrons. The summed E-state index contributed by atoms with van der Waals surface area (Å²) in [6, 6.07) is 0. The minimum atomic E-state index is 0.0559. The molecule has 2 N–H and O–H groups in total. The molecule has 0 bridgehead atoms. The molecule has 0 aliphatic heterocycles. The van der Waals surface area contributed by atoms with Crippen LogP contribution in [0.2, 0.25) is 0 Å². The Balaban J connectivity index is 1.85. The van der Waals surface area contributed by atoms with Gasteiger partial charge in [0.2, 0.25) is 0 Å². The Hall–Kier alpha value is -0.0800. The fraction of sp³-hybridized carbons (Fsp3) is 1.00. The first-order valence-electron chi connectivity index (χ1n) is 7.49. The van der Waals surface area contributed by atoms with Crippen LogP contribution in [0, 0.1) is 17.8 Å². The van der Waals surface area contributed by atoms with Crippen LogP contribution in [0.15, 0.2) is 0 Å². The standard InChI is InChI=1S/C15H29NO/c1-12(2)8-14-4-3-7-15(9-14,11-17)16-10-13-5-6-13/h12-14,16-17H,3-11H2,1-2H3. The summed E-state index contributed by atoms with van der Waals surface area (Å²) in [5.74, 6) is 2.52. The Labute approximate surface area is 106 Å². The summed E-state index contributed by atoms with van der Waals surface area (Å²) in [4.78, 5) is 0. The lowest BCUT2D eigenvalue weighted by molar-refractivity contribution is 0.0879. The lowest BCUT2D eigenvalue weighted by Gasteiger charge is -2.41. The second-order valence-electron chi connectivity index (χ2n) is 6.85. The molecule has 2 nitrogen and oxygen atoms in total. The molecule has 2 aliphatic rings. The van der Waals surface area contributed by atoms with Gasteiger partial charge in [0.1, 0.15) is 0 Å². The smallest absolute Gasteiger partial charge is 0.0613 e. The minimum Gasteiger partial charge on any atom is -0.394 e. The first-order valence-corrected chi connectivity index (χ1v) is 7.49. The van der Waals surface area contributed by atoms with Crippen LogP contribution >= 0.6 is 0 Å². The zero-order valence-corrected chi connectivity index (χ0v) is 11.5. The predicted octanol–water partition coefficient (Wildman–Crippen LogP) is 2.95. The molecule has 2 aliphatic carbocycles. The molecule has 0 spiro atoms. The molecular weight excluding hydrogens is 210 g/mol. The van der Waals surface area contributed by atoms with Crippen molar-refractivity contribution in [2.75, 3.05) is 13.2 Å². The number of rotatable bonds is 6. The highest BCUT2D eigenvalue weighted by Crippen LogP contribution is 2.37. The van der Waals surface area contributed by atoms with Gasteiger partial charge in [-0.3, -0.25) is 0 Å². The zero-order valence-electron chi connectivity index (χ0n) is 11.5. The summed E-state index contributed by atoms with van der Waals surface area (Å²) in [5, 5.41) is 13.5. The van der Waals surface area contributed by atoms with Gasteiger partial charge >= 0.3 is 0 Å². The predicted molar refractivity (Wildman–Crippen MR) is 72.0 cm³/mol. The van der Waals surface area contributed by atoms with Crippen LogP contribution in [0.4, 0.5) is 0 Å². The van der Waals surface area contributed by atoms with E-state index >= 15 is 0 Å². The van der Waals surface area contributed by atoms with Gasteiger partial charge in [-0.15, -0.1) is 0 Å². The van der Waals surface area contributed by atoms with Crippen molar-refractivity contribution in [3.63, 3.8) is 0 Å². The van der Waals surface area contributed by atoms with Crippen molar-refractivity contribution in [3.05, 3.63) is 0 Å². The Morgan fingerprint density at radius 3 is 2.59 bits per heavy atom. The van der Waals surface area contributed by atoms with E-state index < -0.39 is 0 Å². The molecule has 2 saturated carbocycles. The van der Waals surface area contributed by atoms with Crippen LogP contribution < -0.4 is 5.32 Å². The molecule has 0 radical (unpaired) electrons. The average molecular weight is 239 g/mol. The molecule has 2 rings (SSSR count). The topological polar surface area (TPSA) is 32.3 Å². The Morgan fingerprint density at radius 2 is 2.00 bits per heavy atom. The van der Waals surface area contributed by atoms with Crippen LogP contribution in [0.5, 0.6) is 0 Å². The van der Waals surface area contributed by atoms with Crippen molar-refractivity contribution in [2.24, 2.45) is 17.8 Å². The summed E-state index contributed by atoms with van der Waals surface area (Å²) in [5.41, 5.74) is 0.0559. The first kappa shape index (κ1) is 13.4. The van der Waals surface area contributed by atoms with Crippen molar-refractivity contribution in [2.45, 2.75) is 64.3 Å². The fourth-order valence-corrected chi connectivity index (χ4v) is 3.40. The summed E-state index contributed by atoms with van der Waals surface area (Å²) in [7, 11) is 0. The second-order valence-corrected chi connectivity index (χ2v) is 6.85. The molecule has 2 unspecified atom stereocenters. The summed E-state index contributed by atoms with van der Waals surface area (Å²) in [6.07, 6.45) is 9.13. The molecule has 0 aromatic carbocycles. The van der Waals surface area contributed by atoms with Gasteiger partial charge < -0.3 is 10.4 Å². The van der Waals surface area contributed by atoms with Gasteiger partial charge in [0.05, 0.1) is 6.61 Å². The Bertz CT molecular complexity index is 237. The highest BCUT2D eigenvalue weighted by atomic mass is 16.3.